The van der Waals surface area contributed by atoms with Crippen molar-refractivity contribution in [1.82, 2.24) is 5.32 Å². The Balaban J connectivity index is 2.25. The highest BCUT2D eigenvalue weighted by molar-refractivity contribution is 6.30. The van der Waals surface area contributed by atoms with E-state index in [0.29, 0.717) is 12.0 Å². The van der Waals surface area contributed by atoms with Gasteiger partial charge in [-0.3, -0.25) is 0 Å². The van der Waals surface area contributed by atoms with Crippen molar-refractivity contribution in [2.75, 3.05) is 14.2 Å². The first-order valence-electron chi connectivity index (χ1n) is 7.16. The van der Waals surface area contributed by atoms with Crippen LogP contribution in [-0.2, 0) is 0 Å². The summed E-state index contributed by atoms with van der Waals surface area (Å²) in [7, 11) is 3.75. The Labute approximate surface area is 121 Å². The van der Waals surface area contributed by atoms with Crippen LogP contribution in [0.3, 0.4) is 0 Å². The Morgan fingerprint density at radius 3 is 2.79 bits per heavy atom. The van der Waals surface area contributed by atoms with E-state index in [1.807, 2.05) is 19.2 Å². The van der Waals surface area contributed by atoms with Crippen LogP contribution in [0.4, 0.5) is 0 Å². The molecule has 1 aliphatic carbocycles. The molecule has 0 aliphatic heterocycles. The number of hydrogen-bond acceptors (Lipinski definition) is 2. The summed E-state index contributed by atoms with van der Waals surface area (Å²) < 4.78 is 5.50. The Morgan fingerprint density at radius 2 is 2.16 bits per heavy atom. The van der Waals surface area contributed by atoms with Crippen LogP contribution in [0.5, 0.6) is 5.75 Å². The molecule has 1 aromatic carbocycles. The van der Waals surface area contributed by atoms with Gasteiger partial charge in [0.15, 0.2) is 0 Å². The van der Waals surface area contributed by atoms with Gasteiger partial charge in [-0.25, -0.2) is 0 Å². The first kappa shape index (κ1) is 14.7. The summed E-state index contributed by atoms with van der Waals surface area (Å²) in [6, 6.07) is 6.32. The summed E-state index contributed by atoms with van der Waals surface area (Å²) in [5.41, 5.74) is 1.23. The summed E-state index contributed by atoms with van der Waals surface area (Å²) >= 11 is 6.05. The maximum atomic E-state index is 6.05. The van der Waals surface area contributed by atoms with Gasteiger partial charge in [-0.05, 0) is 43.9 Å². The standard InChI is InChI=1S/C16H24ClNO/c1-11-5-4-6-12(9-11)16(18-2)14-8-7-13(17)10-15(14)19-3/h7-8,10-12,16,18H,4-6,9H2,1-3H3. The van der Waals surface area contributed by atoms with E-state index in [9.17, 15) is 0 Å². The Bertz CT molecular complexity index is 421. The van der Waals surface area contributed by atoms with Crippen LogP contribution in [0.1, 0.15) is 44.2 Å². The van der Waals surface area contributed by atoms with Crippen molar-refractivity contribution in [3.05, 3.63) is 28.8 Å². The lowest BCUT2D eigenvalue weighted by atomic mass is 9.76. The van der Waals surface area contributed by atoms with Crippen LogP contribution in [-0.4, -0.2) is 14.2 Å². The van der Waals surface area contributed by atoms with E-state index in [0.717, 1.165) is 16.7 Å². The molecule has 0 bridgehead atoms. The van der Waals surface area contributed by atoms with Crippen molar-refractivity contribution >= 4 is 11.6 Å². The highest BCUT2D eigenvalue weighted by atomic mass is 35.5. The quantitative estimate of drug-likeness (QED) is 0.881. The van der Waals surface area contributed by atoms with Crippen molar-refractivity contribution in [2.45, 2.75) is 38.6 Å². The van der Waals surface area contributed by atoms with Crippen molar-refractivity contribution in [1.29, 1.82) is 0 Å². The lowest BCUT2D eigenvalue weighted by Gasteiger charge is -2.34. The fourth-order valence-electron chi connectivity index (χ4n) is 3.37. The summed E-state index contributed by atoms with van der Waals surface area (Å²) in [5, 5.41) is 4.21. The molecule has 0 heterocycles. The smallest absolute Gasteiger partial charge is 0.125 e. The SMILES string of the molecule is CNC(c1ccc(Cl)cc1OC)C1CCCC(C)C1. The maximum Gasteiger partial charge on any atom is 0.125 e. The highest BCUT2D eigenvalue weighted by Gasteiger charge is 2.28. The Kier molecular flexibility index (Phi) is 5.12. The van der Waals surface area contributed by atoms with E-state index in [-0.39, 0.29) is 0 Å². The van der Waals surface area contributed by atoms with Gasteiger partial charge in [0, 0.05) is 16.6 Å². The fourth-order valence-corrected chi connectivity index (χ4v) is 3.53. The minimum absolute atomic E-state index is 0.356. The zero-order valence-electron chi connectivity index (χ0n) is 12.1. The highest BCUT2D eigenvalue weighted by Crippen LogP contribution is 2.40. The molecule has 0 radical (unpaired) electrons. The van der Waals surface area contributed by atoms with Crippen molar-refractivity contribution in [2.24, 2.45) is 11.8 Å². The van der Waals surface area contributed by atoms with Gasteiger partial charge in [-0.2, -0.15) is 0 Å². The van der Waals surface area contributed by atoms with Crippen LogP contribution >= 0.6 is 11.6 Å². The molecule has 0 aromatic heterocycles. The van der Waals surface area contributed by atoms with Gasteiger partial charge in [0.05, 0.1) is 7.11 Å². The fraction of sp³-hybridized carbons (Fsp3) is 0.625. The van der Waals surface area contributed by atoms with Gasteiger partial charge in [0.25, 0.3) is 0 Å². The normalized spacial score (nSPS) is 25.1. The molecule has 1 fully saturated rings. The summed E-state index contributed by atoms with van der Waals surface area (Å²) in [4.78, 5) is 0. The van der Waals surface area contributed by atoms with E-state index in [2.05, 4.69) is 18.3 Å². The largest absolute Gasteiger partial charge is 0.496 e. The summed E-state index contributed by atoms with van der Waals surface area (Å²) in [6.45, 7) is 2.36. The second-order valence-electron chi connectivity index (χ2n) is 5.68. The van der Waals surface area contributed by atoms with Gasteiger partial charge in [0.2, 0.25) is 0 Å². The molecule has 3 unspecified atom stereocenters. The van der Waals surface area contributed by atoms with Crippen molar-refractivity contribution in [3.8, 4) is 5.75 Å². The van der Waals surface area contributed by atoms with E-state index in [1.54, 1.807) is 7.11 Å². The topological polar surface area (TPSA) is 21.3 Å². The molecule has 0 amide bonds. The first-order valence-corrected chi connectivity index (χ1v) is 7.54. The van der Waals surface area contributed by atoms with Crippen LogP contribution in [0.25, 0.3) is 0 Å². The predicted octanol–water partition coefficient (Wildman–Crippen LogP) is 4.44. The third-order valence-electron chi connectivity index (χ3n) is 4.29. The average molecular weight is 282 g/mol. The third-order valence-corrected chi connectivity index (χ3v) is 4.53. The Morgan fingerprint density at radius 1 is 1.37 bits per heavy atom. The predicted molar refractivity (Wildman–Crippen MR) is 80.9 cm³/mol. The van der Waals surface area contributed by atoms with Crippen LogP contribution in [0.15, 0.2) is 18.2 Å². The molecule has 2 nitrogen and oxygen atoms in total. The number of benzene rings is 1. The molecule has 1 aromatic rings. The van der Waals surface area contributed by atoms with E-state index in [4.69, 9.17) is 16.3 Å². The summed E-state index contributed by atoms with van der Waals surface area (Å²) in [5.74, 6) is 2.40. The van der Waals surface area contributed by atoms with Crippen LogP contribution < -0.4 is 10.1 Å². The van der Waals surface area contributed by atoms with Crippen LogP contribution in [0.2, 0.25) is 5.02 Å². The zero-order valence-corrected chi connectivity index (χ0v) is 12.8. The van der Waals surface area contributed by atoms with E-state index in [1.165, 1.54) is 31.2 Å². The monoisotopic (exact) mass is 281 g/mol. The molecular weight excluding hydrogens is 258 g/mol. The molecular formula is C16H24ClNO. The molecule has 1 aliphatic rings. The summed E-state index contributed by atoms with van der Waals surface area (Å²) in [6.07, 6.45) is 5.28. The second kappa shape index (κ2) is 6.62. The molecule has 1 saturated carbocycles. The van der Waals surface area contributed by atoms with E-state index < -0.39 is 0 Å². The minimum Gasteiger partial charge on any atom is -0.496 e. The maximum absolute atomic E-state index is 6.05. The number of ether oxygens (including phenoxy) is 1. The van der Waals surface area contributed by atoms with Crippen molar-refractivity contribution in [3.63, 3.8) is 0 Å². The number of halogens is 1. The van der Waals surface area contributed by atoms with Gasteiger partial charge in [-0.1, -0.05) is 37.4 Å². The number of hydrogen-bond donors (Lipinski definition) is 1. The van der Waals surface area contributed by atoms with Gasteiger partial charge < -0.3 is 10.1 Å². The lowest BCUT2D eigenvalue weighted by molar-refractivity contribution is 0.227. The third kappa shape index (κ3) is 3.43. The average Bonchev–Trinajstić information content (AvgIpc) is 2.41. The molecule has 2 rings (SSSR count). The molecule has 106 valence electrons. The molecule has 0 saturated heterocycles. The van der Waals surface area contributed by atoms with E-state index >= 15 is 0 Å². The lowest BCUT2D eigenvalue weighted by Crippen LogP contribution is -2.29. The molecule has 3 atom stereocenters. The minimum atomic E-state index is 0.356. The molecule has 1 N–H and O–H groups in total. The van der Waals surface area contributed by atoms with Gasteiger partial charge >= 0.3 is 0 Å². The van der Waals surface area contributed by atoms with Gasteiger partial charge in [-0.15, -0.1) is 0 Å². The Hall–Kier alpha value is -0.730. The van der Waals surface area contributed by atoms with Gasteiger partial charge in [0.1, 0.15) is 5.75 Å². The molecule has 0 spiro atoms. The molecule has 19 heavy (non-hydrogen) atoms. The molecule has 3 heteroatoms. The zero-order chi connectivity index (χ0) is 13.8. The first-order chi connectivity index (χ1) is 9.15. The number of methoxy groups -OCH3 is 1. The number of nitrogens with one attached hydrogen (secondary N) is 1. The van der Waals surface area contributed by atoms with Crippen molar-refractivity contribution < 1.29 is 4.74 Å². The van der Waals surface area contributed by atoms with Crippen LogP contribution in [0, 0.1) is 11.8 Å². The number of rotatable bonds is 4. The second-order valence-corrected chi connectivity index (χ2v) is 6.12.